The second-order valence-corrected chi connectivity index (χ2v) is 5.68. The second kappa shape index (κ2) is 13.4. The second-order valence-electron chi connectivity index (χ2n) is 5.68. The van der Waals surface area contributed by atoms with Crippen LogP contribution >= 0.6 is 0 Å². The summed E-state index contributed by atoms with van der Waals surface area (Å²) < 4.78 is 0. The summed E-state index contributed by atoms with van der Waals surface area (Å²) in [5.41, 5.74) is 0. The molecule has 0 aromatic rings. The maximum Gasteiger partial charge on any atom is 0.303 e. The van der Waals surface area contributed by atoms with E-state index in [1.54, 1.807) is 0 Å². The van der Waals surface area contributed by atoms with Crippen molar-refractivity contribution in [1.82, 2.24) is 0 Å². The SMILES string of the molecule is CCCC(O)C(O)CCCCCCCCCCC(=O)O. The van der Waals surface area contributed by atoms with Gasteiger partial charge in [0.25, 0.3) is 0 Å². The summed E-state index contributed by atoms with van der Waals surface area (Å²) in [6.07, 6.45) is 9.94. The van der Waals surface area contributed by atoms with E-state index in [-0.39, 0.29) is 6.42 Å². The third-order valence-corrected chi connectivity index (χ3v) is 3.67. The van der Waals surface area contributed by atoms with Crippen molar-refractivity contribution in [1.29, 1.82) is 0 Å². The maximum atomic E-state index is 10.3. The first-order chi connectivity index (χ1) is 9.57. The van der Waals surface area contributed by atoms with Crippen molar-refractivity contribution in [2.45, 2.75) is 96.2 Å². The molecule has 0 aliphatic carbocycles. The van der Waals surface area contributed by atoms with Gasteiger partial charge in [-0.05, 0) is 19.3 Å². The molecule has 0 heterocycles. The van der Waals surface area contributed by atoms with Crippen LogP contribution in [0.3, 0.4) is 0 Å². The van der Waals surface area contributed by atoms with E-state index in [0.717, 1.165) is 44.9 Å². The van der Waals surface area contributed by atoms with E-state index < -0.39 is 18.2 Å². The summed E-state index contributed by atoms with van der Waals surface area (Å²) in [6, 6.07) is 0. The van der Waals surface area contributed by atoms with Crippen LogP contribution in [-0.4, -0.2) is 33.5 Å². The fourth-order valence-corrected chi connectivity index (χ4v) is 2.37. The molecule has 0 radical (unpaired) electrons. The molecule has 2 unspecified atom stereocenters. The highest BCUT2D eigenvalue weighted by molar-refractivity contribution is 5.66. The number of carboxylic acid groups (broad SMARTS) is 1. The van der Waals surface area contributed by atoms with Crippen LogP contribution in [0.5, 0.6) is 0 Å². The fraction of sp³-hybridized carbons (Fsp3) is 0.938. The Bertz CT molecular complexity index is 231. The minimum atomic E-state index is -0.700. The monoisotopic (exact) mass is 288 g/mol. The van der Waals surface area contributed by atoms with E-state index in [1.807, 2.05) is 6.92 Å². The number of aliphatic hydroxyl groups excluding tert-OH is 2. The molecule has 0 fully saturated rings. The average Bonchev–Trinajstić information content (AvgIpc) is 2.40. The minimum Gasteiger partial charge on any atom is -0.481 e. The Morgan fingerprint density at radius 3 is 1.75 bits per heavy atom. The highest BCUT2D eigenvalue weighted by atomic mass is 16.4. The molecule has 120 valence electrons. The Hall–Kier alpha value is -0.610. The predicted octanol–water partition coefficient (Wildman–Crippen LogP) is 3.49. The molecular formula is C16H32O4. The first-order valence-electron chi connectivity index (χ1n) is 8.15. The van der Waals surface area contributed by atoms with Crippen LogP contribution in [0.4, 0.5) is 0 Å². The Kier molecular flexibility index (Phi) is 13.0. The van der Waals surface area contributed by atoms with Gasteiger partial charge < -0.3 is 15.3 Å². The Balaban J connectivity index is 3.22. The summed E-state index contributed by atoms with van der Waals surface area (Å²) in [6.45, 7) is 2.01. The molecule has 2 atom stereocenters. The zero-order valence-electron chi connectivity index (χ0n) is 12.9. The minimum absolute atomic E-state index is 0.290. The first-order valence-corrected chi connectivity index (χ1v) is 8.15. The van der Waals surface area contributed by atoms with E-state index >= 15 is 0 Å². The van der Waals surface area contributed by atoms with Crippen LogP contribution < -0.4 is 0 Å². The molecule has 4 heteroatoms. The molecule has 20 heavy (non-hydrogen) atoms. The summed E-state index contributed by atoms with van der Waals surface area (Å²) in [5, 5.41) is 27.8. The summed E-state index contributed by atoms with van der Waals surface area (Å²) in [5.74, 6) is -0.700. The highest BCUT2D eigenvalue weighted by Crippen LogP contribution is 2.13. The molecular weight excluding hydrogens is 256 g/mol. The van der Waals surface area contributed by atoms with E-state index in [4.69, 9.17) is 5.11 Å². The van der Waals surface area contributed by atoms with Gasteiger partial charge in [0.2, 0.25) is 0 Å². The van der Waals surface area contributed by atoms with Crippen molar-refractivity contribution in [2.24, 2.45) is 0 Å². The van der Waals surface area contributed by atoms with Crippen molar-refractivity contribution >= 4 is 5.97 Å². The van der Waals surface area contributed by atoms with Gasteiger partial charge in [0, 0.05) is 6.42 Å². The molecule has 0 spiro atoms. The Morgan fingerprint density at radius 1 is 0.800 bits per heavy atom. The smallest absolute Gasteiger partial charge is 0.303 e. The van der Waals surface area contributed by atoms with Crippen molar-refractivity contribution in [3.8, 4) is 0 Å². The van der Waals surface area contributed by atoms with Gasteiger partial charge in [-0.15, -0.1) is 0 Å². The van der Waals surface area contributed by atoms with Gasteiger partial charge in [-0.1, -0.05) is 58.3 Å². The largest absolute Gasteiger partial charge is 0.481 e. The van der Waals surface area contributed by atoms with Crippen LogP contribution in [0, 0.1) is 0 Å². The quantitative estimate of drug-likeness (QED) is 0.428. The zero-order chi connectivity index (χ0) is 15.2. The number of carbonyl (C=O) groups is 1. The fourth-order valence-electron chi connectivity index (χ4n) is 2.37. The lowest BCUT2D eigenvalue weighted by Crippen LogP contribution is -2.25. The molecule has 0 aliphatic heterocycles. The molecule has 0 aromatic heterocycles. The van der Waals surface area contributed by atoms with E-state index in [9.17, 15) is 15.0 Å². The zero-order valence-corrected chi connectivity index (χ0v) is 12.9. The Morgan fingerprint density at radius 2 is 1.25 bits per heavy atom. The predicted molar refractivity (Wildman–Crippen MR) is 80.7 cm³/mol. The van der Waals surface area contributed by atoms with Gasteiger partial charge in [0.1, 0.15) is 0 Å². The van der Waals surface area contributed by atoms with Crippen LogP contribution in [0.1, 0.15) is 84.0 Å². The summed E-state index contributed by atoms with van der Waals surface area (Å²) in [4.78, 5) is 10.3. The first kappa shape index (κ1) is 19.4. The van der Waals surface area contributed by atoms with Gasteiger partial charge in [-0.25, -0.2) is 0 Å². The Labute approximate surface area is 123 Å². The van der Waals surface area contributed by atoms with Crippen LogP contribution in [0.2, 0.25) is 0 Å². The van der Waals surface area contributed by atoms with Crippen LogP contribution in [0.15, 0.2) is 0 Å². The third kappa shape index (κ3) is 12.4. The lowest BCUT2D eigenvalue weighted by atomic mass is 10.0. The maximum absolute atomic E-state index is 10.3. The summed E-state index contributed by atoms with van der Waals surface area (Å²) in [7, 11) is 0. The molecule has 0 amide bonds. The van der Waals surface area contributed by atoms with Gasteiger partial charge in [-0.2, -0.15) is 0 Å². The van der Waals surface area contributed by atoms with Crippen molar-refractivity contribution < 1.29 is 20.1 Å². The molecule has 0 rings (SSSR count). The number of aliphatic hydroxyl groups is 2. The third-order valence-electron chi connectivity index (χ3n) is 3.67. The lowest BCUT2D eigenvalue weighted by molar-refractivity contribution is -0.137. The van der Waals surface area contributed by atoms with Crippen molar-refractivity contribution in [3.05, 3.63) is 0 Å². The van der Waals surface area contributed by atoms with Crippen LogP contribution in [-0.2, 0) is 4.79 Å². The molecule has 0 aromatic carbocycles. The number of hydrogen-bond acceptors (Lipinski definition) is 3. The normalized spacial score (nSPS) is 14.2. The van der Waals surface area contributed by atoms with Crippen molar-refractivity contribution in [3.63, 3.8) is 0 Å². The number of aliphatic carboxylic acids is 1. The molecule has 0 aliphatic rings. The number of carboxylic acids is 1. The van der Waals surface area contributed by atoms with Gasteiger partial charge in [0.15, 0.2) is 0 Å². The van der Waals surface area contributed by atoms with E-state index in [2.05, 4.69) is 0 Å². The van der Waals surface area contributed by atoms with E-state index in [1.165, 1.54) is 12.8 Å². The van der Waals surface area contributed by atoms with E-state index in [0.29, 0.717) is 12.8 Å². The topological polar surface area (TPSA) is 77.8 Å². The van der Waals surface area contributed by atoms with Gasteiger partial charge in [-0.3, -0.25) is 4.79 Å². The number of rotatable bonds is 14. The highest BCUT2D eigenvalue weighted by Gasteiger charge is 2.14. The lowest BCUT2D eigenvalue weighted by Gasteiger charge is -2.16. The molecule has 0 saturated heterocycles. The van der Waals surface area contributed by atoms with Crippen LogP contribution in [0.25, 0.3) is 0 Å². The molecule has 0 saturated carbocycles. The molecule has 4 nitrogen and oxygen atoms in total. The average molecular weight is 288 g/mol. The molecule has 3 N–H and O–H groups in total. The molecule has 0 bridgehead atoms. The van der Waals surface area contributed by atoms with Gasteiger partial charge >= 0.3 is 5.97 Å². The summed E-state index contributed by atoms with van der Waals surface area (Å²) >= 11 is 0. The van der Waals surface area contributed by atoms with Crippen molar-refractivity contribution in [2.75, 3.05) is 0 Å². The standard InChI is InChI=1S/C16H32O4/c1-2-11-14(17)15(18)12-9-7-5-3-4-6-8-10-13-16(19)20/h14-15,17-18H,2-13H2,1H3,(H,19,20). The number of unbranched alkanes of at least 4 members (excludes halogenated alkanes) is 7. The number of hydrogen-bond donors (Lipinski definition) is 3. The van der Waals surface area contributed by atoms with Gasteiger partial charge in [0.05, 0.1) is 12.2 Å².